The van der Waals surface area contributed by atoms with E-state index in [0.717, 1.165) is 16.7 Å². The number of amides is 1. The zero-order valence-corrected chi connectivity index (χ0v) is 20.4. The number of esters is 1. The number of para-hydroxylation sites is 1. The van der Waals surface area contributed by atoms with E-state index in [0.29, 0.717) is 27.3 Å². The second kappa shape index (κ2) is 10.5. The van der Waals surface area contributed by atoms with Gasteiger partial charge >= 0.3 is 5.97 Å². The average Bonchev–Trinajstić information content (AvgIpc) is 3.45. The Morgan fingerprint density at radius 2 is 1.76 bits per heavy atom. The van der Waals surface area contributed by atoms with Gasteiger partial charge in [-0.15, -0.1) is 21.5 Å². The van der Waals surface area contributed by atoms with Crippen molar-refractivity contribution in [2.24, 2.45) is 7.05 Å². The third-order valence-electron chi connectivity index (χ3n) is 5.03. The molecule has 8 nitrogen and oxygen atoms in total. The maximum atomic E-state index is 12.7. The van der Waals surface area contributed by atoms with Crippen molar-refractivity contribution in [2.75, 3.05) is 25.3 Å². The topological polar surface area (TPSA) is 95.3 Å². The third kappa shape index (κ3) is 4.82. The molecule has 2 aromatic carbocycles. The molecule has 34 heavy (non-hydrogen) atoms. The van der Waals surface area contributed by atoms with Gasteiger partial charge in [0.25, 0.3) is 0 Å². The van der Waals surface area contributed by atoms with Gasteiger partial charge < -0.3 is 19.4 Å². The molecule has 4 rings (SSSR count). The van der Waals surface area contributed by atoms with Crippen molar-refractivity contribution in [2.45, 2.75) is 5.16 Å². The van der Waals surface area contributed by atoms with Crippen LogP contribution in [0, 0.1) is 0 Å². The smallest absolute Gasteiger partial charge is 0.341 e. The van der Waals surface area contributed by atoms with Gasteiger partial charge in [0, 0.05) is 18.0 Å². The highest BCUT2D eigenvalue weighted by atomic mass is 32.2. The summed E-state index contributed by atoms with van der Waals surface area (Å²) in [5.74, 6) is 0.654. The lowest BCUT2D eigenvalue weighted by Gasteiger charge is -2.09. The quantitative estimate of drug-likeness (QED) is 0.279. The van der Waals surface area contributed by atoms with Gasteiger partial charge in [-0.25, -0.2) is 4.79 Å². The molecular weight excluding hydrogens is 472 g/mol. The normalized spacial score (nSPS) is 10.7. The second-order valence-corrected chi connectivity index (χ2v) is 8.94. The van der Waals surface area contributed by atoms with Crippen molar-refractivity contribution >= 4 is 40.0 Å². The Morgan fingerprint density at radius 1 is 1.03 bits per heavy atom. The molecule has 2 heterocycles. The summed E-state index contributed by atoms with van der Waals surface area (Å²) < 4.78 is 12.2. The van der Waals surface area contributed by atoms with Crippen LogP contribution in [0.1, 0.15) is 10.4 Å². The summed E-state index contributed by atoms with van der Waals surface area (Å²) >= 11 is 2.54. The van der Waals surface area contributed by atoms with Crippen molar-refractivity contribution in [1.29, 1.82) is 0 Å². The first-order valence-corrected chi connectivity index (χ1v) is 12.1. The number of nitrogens with one attached hydrogen (secondary N) is 1. The molecule has 0 spiro atoms. The minimum Gasteiger partial charge on any atom is -0.496 e. The van der Waals surface area contributed by atoms with Gasteiger partial charge in [-0.3, -0.25) is 4.79 Å². The summed E-state index contributed by atoms with van der Waals surface area (Å²) in [5, 5.41) is 14.2. The Bertz CT molecular complexity index is 1320. The fourth-order valence-corrected chi connectivity index (χ4v) is 5.07. The van der Waals surface area contributed by atoms with Gasteiger partial charge in [0.1, 0.15) is 16.3 Å². The molecular formula is C24H22N4O4S2. The van der Waals surface area contributed by atoms with E-state index >= 15 is 0 Å². The lowest BCUT2D eigenvalue weighted by molar-refractivity contribution is -0.113. The highest BCUT2D eigenvalue weighted by Crippen LogP contribution is 2.36. The monoisotopic (exact) mass is 494 g/mol. The van der Waals surface area contributed by atoms with Crippen LogP contribution in [0.25, 0.3) is 22.5 Å². The lowest BCUT2D eigenvalue weighted by Crippen LogP contribution is -2.16. The Morgan fingerprint density at radius 3 is 2.50 bits per heavy atom. The fourth-order valence-electron chi connectivity index (χ4n) is 3.38. The van der Waals surface area contributed by atoms with Crippen LogP contribution in [-0.4, -0.2) is 46.6 Å². The van der Waals surface area contributed by atoms with Crippen LogP contribution in [0.3, 0.4) is 0 Å². The third-order valence-corrected chi connectivity index (χ3v) is 6.95. The minimum atomic E-state index is -0.502. The number of hydrogen-bond acceptors (Lipinski definition) is 8. The number of rotatable bonds is 8. The van der Waals surface area contributed by atoms with E-state index < -0.39 is 5.97 Å². The van der Waals surface area contributed by atoms with E-state index in [1.807, 2.05) is 71.6 Å². The molecule has 0 saturated heterocycles. The predicted octanol–water partition coefficient (Wildman–Crippen LogP) is 4.74. The first-order chi connectivity index (χ1) is 16.5. The number of ether oxygens (including phenoxy) is 2. The summed E-state index contributed by atoms with van der Waals surface area (Å²) in [5.41, 5.74) is 2.74. The molecule has 1 N–H and O–H groups in total. The Hall–Kier alpha value is -3.63. The molecule has 0 aliphatic rings. The fraction of sp³-hybridized carbons (Fsp3) is 0.167. The molecule has 0 bridgehead atoms. The van der Waals surface area contributed by atoms with Gasteiger partial charge in [0.2, 0.25) is 5.91 Å². The largest absolute Gasteiger partial charge is 0.496 e. The molecule has 174 valence electrons. The highest BCUT2D eigenvalue weighted by Gasteiger charge is 2.23. The van der Waals surface area contributed by atoms with E-state index in [4.69, 9.17) is 9.47 Å². The minimum absolute atomic E-state index is 0.0943. The maximum Gasteiger partial charge on any atom is 0.341 e. The molecule has 0 unspecified atom stereocenters. The van der Waals surface area contributed by atoms with Gasteiger partial charge in [0.05, 0.1) is 25.5 Å². The molecule has 2 aromatic heterocycles. The van der Waals surface area contributed by atoms with Gasteiger partial charge in [-0.05, 0) is 17.7 Å². The van der Waals surface area contributed by atoms with Crippen molar-refractivity contribution < 1.29 is 19.1 Å². The van der Waals surface area contributed by atoms with Crippen molar-refractivity contribution in [3.8, 4) is 28.3 Å². The van der Waals surface area contributed by atoms with Crippen molar-refractivity contribution in [3.63, 3.8) is 0 Å². The first kappa shape index (κ1) is 23.5. The van der Waals surface area contributed by atoms with E-state index in [-0.39, 0.29) is 11.7 Å². The second-order valence-electron chi connectivity index (χ2n) is 7.11. The highest BCUT2D eigenvalue weighted by molar-refractivity contribution is 7.99. The average molecular weight is 495 g/mol. The molecule has 1 amide bonds. The molecule has 0 saturated carbocycles. The summed E-state index contributed by atoms with van der Waals surface area (Å²) in [7, 11) is 4.76. The number of aromatic nitrogens is 3. The number of hydrogen-bond donors (Lipinski definition) is 1. The number of thioether (sulfide) groups is 1. The van der Waals surface area contributed by atoms with E-state index in [1.165, 1.54) is 30.2 Å². The van der Waals surface area contributed by atoms with E-state index in [9.17, 15) is 9.59 Å². The van der Waals surface area contributed by atoms with Crippen molar-refractivity contribution in [3.05, 3.63) is 65.5 Å². The number of benzene rings is 2. The maximum absolute atomic E-state index is 12.7. The number of carbonyl (C=O) groups excluding carboxylic acids is 2. The number of anilines is 1. The van der Waals surface area contributed by atoms with Crippen LogP contribution in [0.15, 0.2) is 65.1 Å². The summed E-state index contributed by atoms with van der Waals surface area (Å²) in [6, 6.07) is 17.0. The number of methoxy groups -OCH3 is 2. The first-order valence-electron chi connectivity index (χ1n) is 10.2. The summed E-state index contributed by atoms with van der Waals surface area (Å²) in [6.07, 6.45) is 0. The van der Waals surface area contributed by atoms with Gasteiger partial charge in [-0.1, -0.05) is 54.2 Å². The van der Waals surface area contributed by atoms with Crippen LogP contribution >= 0.6 is 23.1 Å². The molecule has 10 heteroatoms. The Labute approximate surface area is 204 Å². The van der Waals surface area contributed by atoms with Crippen LogP contribution in [0.2, 0.25) is 0 Å². The standard InChI is InChI=1S/C24H22N4O4S2/c1-28-21(16-11-7-8-12-18(16)31-2)26-27-24(28)34-14-19(29)25-22-20(23(30)32-3)17(13-33-22)15-9-5-4-6-10-15/h4-13H,14H2,1-3H3,(H,25,29). The molecule has 0 radical (unpaired) electrons. The molecule has 0 atom stereocenters. The van der Waals surface area contributed by atoms with E-state index in [2.05, 4.69) is 15.5 Å². The predicted molar refractivity (Wildman–Crippen MR) is 133 cm³/mol. The van der Waals surface area contributed by atoms with Gasteiger partial charge in [-0.2, -0.15) is 0 Å². The number of nitrogens with zero attached hydrogens (tertiary/aromatic N) is 3. The zero-order valence-electron chi connectivity index (χ0n) is 18.8. The lowest BCUT2D eigenvalue weighted by atomic mass is 10.0. The summed E-state index contributed by atoms with van der Waals surface area (Å²) in [6.45, 7) is 0. The molecule has 0 aliphatic carbocycles. The number of carbonyl (C=O) groups is 2. The summed E-state index contributed by atoms with van der Waals surface area (Å²) in [4.78, 5) is 25.2. The SMILES string of the molecule is COC(=O)c1c(-c2ccccc2)csc1NC(=O)CSc1nnc(-c2ccccc2OC)n1C. The van der Waals surface area contributed by atoms with Crippen molar-refractivity contribution in [1.82, 2.24) is 14.8 Å². The van der Waals surface area contributed by atoms with Crippen LogP contribution in [0.4, 0.5) is 5.00 Å². The van der Waals surface area contributed by atoms with Gasteiger partial charge in [0.15, 0.2) is 11.0 Å². The molecule has 0 fully saturated rings. The number of thiophene rings is 1. The van der Waals surface area contributed by atoms with E-state index in [1.54, 1.807) is 7.11 Å². The zero-order chi connectivity index (χ0) is 24.1. The van der Waals surface area contributed by atoms with Crippen LogP contribution in [0.5, 0.6) is 5.75 Å². The van der Waals surface area contributed by atoms with Crippen LogP contribution < -0.4 is 10.1 Å². The Balaban J connectivity index is 1.49. The molecule has 0 aliphatic heterocycles. The molecule has 4 aromatic rings. The van der Waals surface area contributed by atoms with Crippen LogP contribution in [-0.2, 0) is 16.6 Å². The Kier molecular flexibility index (Phi) is 7.29.